The number of aromatic nitrogens is 2. The van der Waals surface area contributed by atoms with Gasteiger partial charge in [-0.2, -0.15) is 4.98 Å². The lowest BCUT2D eigenvalue weighted by atomic mass is 10.0. The zero-order chi connectivity index (χ0) is 28.6. The Balaban J connectivity index is 1.12. The van der Waals surface area contributed by atoms with E-state index in [4.69, 9.17) is 5.73 Å². The smallest absolute Gasteiger partial charge is 0.338 e. The molecule has 0 radical (unpaired) electrons. The molecule has 1 aromatic carbocycles. The molecule has 5 rings (SSSR count). The molecule has 3 unspecified atom stereocenters. The van der Waals surface area contributed by atoms with Gasteiger partial charge >= 0.3 is 11.7 Å². The standard InChI is InChI=1S/C29H42N8O3/c1-19(36-17-23-22(16-31-4)24(23)18-36)15-20-5-7-21(8-6-20)37-10-9-25(33-28(37)40)32-27(39)35-13-11-34(12-14-35)26(38)29(2,3)30/h5-10,19,22-24,31H,11-18,30H2,1-4H3,(H,32,33,39,40)/t19?,22?,23-,24?/m1/s1. The molecule has 3 fully saturated rings. The average molecular weight is 551 g/mol. The Bertz CT molecular complexity index is 1270. The molecule has 3 aliphatic rings. The van der Waals surface area contributed by atoms with E-state index >= 15 is 0 Å². The maximum Gasteiger partial charge on any atom is 0.354 e. The molecule has 11 heteroatoms. The predicted octanol–water partition coefficient (Wildman–Crippen LogP) is 0.974. The van der Waals surface area contributed by atoms with Crippen LogP contribution in [0.5, 0.6) is 0 Å². The van der Waals surface area contributed by atoms with Crippen LogP contribution >= 0.6 is 0 Å². The first-order chi connectivity index (χ1) is 19.0. The Morgan fingerprint density at radius 2 is 1.68 bits per heavy atom. The van der Waals surface area contributed by atoms with Crippen molar-refractivity contribution in [3.05, 3.63) is 52.6 Å². The summed E-state index contributed by atoms with van der Waals surface area (Å²) in [6.07, 6.45) is 2.60. The lowest BCUT2D eigenvalue weighted by molar-refractivity contribution is -0.137. The van der Waals surface area contributed by atoms with E-state index in [1.807, 2.05) is 19.2 Å². The highest BCUT2D eigenvalue weighted by Crippen LogP contribution is 2.51. The highest BCUT2D eigenvalue weighted by Gasteiger charge is 2.55. The number of hydrogen-bond donors (Lipinski definition) is 3. The van der Waals surface area contributed by atoms with Crippen molar-refractivity contribution in [3.8, 4) is 5.69 Å². The van der Waals surface area contributed by atoms with Crippen molar-refractivity contribution in [1.82, 2.24) is 29.6 Å². The number of benzene rings is 1. The Kier molecular flexibility index (Phi) is 7.98. The Morgan fingerprint density at radius 1 is 1.05 bits per heavy atom. The number of piperidine rings is 1. The van der Waals surface area contributed by atoms with Crippen molar-refractivity contribution in [2.24, 2.45) is 23.5 Å². The number of hydrogen-bond acceptors (Lipinski definition) is 7. The van der Waals surface area contributed by atoms with Crippen molar-refractivity contribution < 1.29 is 9.59 Å². The summed E-state index contributed by atoms with van der Waals surface area (Å²) < 4.78 is 1.47. The van der Waals surface area contributed by atoms with Crippen LogP contribution in [-0.2, 0) is 11.2 Å². The van der Waals surface area contributed by atoms with Gasteiger partial charge in [0, 0.05) is 51.5 Å². The van der Waals surface area contributed by atoms with Crippen molar-refractivity contribution in [1.29, 1.82) is 0 Å². The van der Waals surface area contributed by atoms with Crippen LogP contribution in [0.25, 0.3) is 5.69 Å². The van der Waals surface area contributed by atoms with Crippen LogP contribution in [-0.4, -0.2) is 101 Å². The molecule has 1 saturated carbocycles. The molecule has 216 valence electrons. The number of nitrogens with two attached hydrogens (primary N) is 1. The number of likely N-dealkylation sites (tertiary alicyclic amines) is 1. The van der Waals surface area contributed by atoms with Gasteiger partial charge in [0.1, 0.15) is 5.82 Å². The van der Waals surface area contributed by atoms with Crippen LogP contribution in [0, 0.1) is 17.8 Å². The monoisotopic (exact) mass is 550 g/mol. The van der Waals surface area contributed by atoms with Crippen LogP contribution in [0.15, 0.2) is 41.3 Å². The second-order valence-electron chi connectivity index (χ2n) is 12.1. The zero-order valence-electron chi connectivity index (χ0n) is 24.0. The number of rotatable bonds is 8. The van der Waals surface area contributed by atoms with Gasteiger partial charge in [-0.15, -0.1) is 0 Å². The number of nitrogens with one attached hydrogen (secondary N) is 2. The third kappa shape index (κ3) is 6.06. The molecule has 4 N–H and O–H groups in total. The maximum atomic E-state index is 12.8. The molecule has 0 spiro atoms. The van der Waals surface area contributed by atoms with E-state index in [9.17, 15) is 14.4 Å². The van der Waals surface area contributed by atoms with Crippen LogP contribution in [0.2, 0.25) is 0 Å². The summed E-state index contributed by atoms with van der Waals surface area (Å²) in [7, 11) is 2.04. The van der Waals surface area contributed by atoms with Gasteiger partial charge in [0.2, 0.25) is 5.91 Å². The summed E-state index contributed by atoms with van der Waals surface area (Å²) >= 11 is 0. The van der Waals surface area contributed by atoms with Gasteiger partial charge in [-0.05, 0) is 82.3 Å². The minimum Gasteiger partial charge on any atom is -0.338 e. The number of carbonyl (C=O) groups excluding carboxylic acids is 2. The van der Waals surface area contributed by atoms with Gasteiger partial charge < -0.3 is 20.9 Å². The lowest BCUT2D eigenvalue weighted by Gasteiger charge is -2.37. The molecular formula is C29H42N8O3. The van der Waals surface area contributed by atoms with Crippen LogP contribution in [0.3, 0.4) is 0 Å². The molecule has 2 saturated heterocycles. The first-order valence-electron chi connectivity index (χ1n) is 14.3. The second-order valence-corrected chi connectivity index (χ2v) is 12.1. The fourth-order valence-corrected chi connectivity index (χ4v) is 6.22. The molecule has 3 amide bonds. The Labute approximate surface area is 235 Å². The molecule has 11 nitrogen and oxygen atoms in total. The molecule has 0 bridgehead atoms. The van der Waals surface area contributed by atoms with Gasteiger partial charge in [0.25, 0.3) is 0 Å². The lowest BCUT2D eigenvalue weighted by Crippen LogP contribution is -2.58. The highest BCUT2D eigenvalue weighted by molar-refractivity contribution is 5.89. The van der Waals surface area contributed by atoms with Crippen molar-refractivity contribution in [2.45, 2.75) is 38.8 Å². The van der Waals surface area contributed by atoms with Gasteiger partial charge in [-0.1, -0.05) is 12.1 Å². The number of piperazine rings is 1. The van der Waals surface area contributed by atoms with E-state index in [2.05, 4.69) is 39.6 Å². The van der Waals surface area contributed by atoms with Gasteiger partial charge in [-0.3, -0.25) is 19.6 Å². The first-order valence-corrected chi connectivity index (χ1v) is 14.3. The molecule has 3 heterocycles. The molecule has 2 aromatic rings. The topological polar surface area (TPSA) is 129 Å². The summed E-state index contributed by atoms with van der Waals surface area (Å²) in [6.45, 7) is 10.8. The molecule has 1 aliphatic carbocycles. The maximum absolute atomic E-state index is 12.8. The van der Waals surface area contributed by atoms with E-state index in [0.717, 1.165) is 36.4 Å². The molecule has 1 aromatic heterocycles. The molecule has 4 atom stereocenters. The van der Waals surface area contributed by atoms with Gasteiger partial charge in [0.15, 0.2) is 0 Å². The minimum absolute atomic E-state index is 0.137. The highest BCUT2D eigenvalue weighted by atomic mass is 16.2. The zero-order valence-corrected chi connectivity index (χ0v) is 24.0. The summed E-state index contributed by atoms with van der Waals surface area (Å²) in [4.78, 5) is 47.8. The number of nitrogens with zero attached hydrogens (tertiary/aromatic N) is 5. The SMILES string of the molecule is CNCC1C2CN(C(C)Cc3ccc(-n4ccc(NC(=O)N5CCN(C(=O)C(C)(C)N)CC5)nc4=O)cc3)C[C@H]12. The Hall–Kier alpha value is -3.28. The number of urea groups is 1. The van der Waals surface area contributed by atoms with E-state index in [1.165, 1.54) is 23.2 Å². The average Bonchev–Trinajstić information content (AvgIpc) is 3.35. The molecular weight excluding hydrogens is 508 g/mol. The number of carbonyl (C=O) groups is 2. The van der Waals surface area contributed by atoms with Crippen molar-refractivity contribution >= 4 is 17.8 Å². The first kappa shape index (κ1) is 28.3. The summed E-state index contributed by atoms with van der Waals surface area (Å²) in [5, 5.41) is 6.02. The quantitative estimate of drug-likeness (QED) is 0.447. The van der Waals surface area contributed by atoms with Gasteiger partial charge in [0.05, 0.1) is 11.2 Å². The van der Waals surface area contributed by atoms with E-state index in [0.29, 0.717) is 32.2 Å². The van der Waals surface area contributed by atoms with Crippen molar-refractivity contribution in [3.63, 3.8) is 0 Å². The largest absolute Gasteiger partial charge is 0.354 e. The van der Waals surface area contributed by atoms with Crippen molar-refractivity contribution in [2.75, 3.05) is 58.2 Å². The van der Waals surface area contributed by atoms with E-state index < -0.39 is 11.2 Å². The fourth-order valence-electron chi connectivity index (χ4n) is 6.22. The van der Waals surface area contributed by atoms with E-state index in [-0.39, 0.29) is 17.8 Å². The number of anilines is 1. The summed E-state index contributed by atoms with van der Waals surface area (Å²) in [6, 6.07) is 9.78. The molecule has 40 heavy (non-hydrogen) atoms. The second kappa shape index (κ2) is 11.3. The fraction of sp³-hybridized carbons (Fsp3) is 0.586. The number of fused-ring (bicyclic) bond motifs is 1. The van der Waals surface area contributed by atoms with E-state index in [1.54, 1.807) is 35.9 Å². The number of amides is 3. The normalized spacial score (nSPS) is 23.6. The van der Waals surface area contributed by atoms with Gasteiger partial charge in [-0.25, -0.2) is 9.59 Å². The summed E-state index contributed by atoms with van der Waals surface area (Å²) in [5.41, 5.74) is 6.48. The predicted molar refractivity (Wildman–Crippen MR) is 154 cm³/mol. The van der Waals surface area contributed by atoms with Crippen LogP contribution < -0.4 is 22.1 Å². The van der Waals surface area contributed by atoms with Crippen LogP contribution in [0.1, 0.15) is 26.3 Å². The molecule has 2 aliphatic heterocycles. The summed E-state index contributed by atoms with van der Waals surface area (Å²) in [5.74, 6) is 2.63. The third-order valence-corrected chi connectivity index (χ3v) is 8.65. The third-order valence-electron chi connectivity index (χ3n) is 8.65. The van der Waals surface area contributed by atoms with Crippen LogP contribution in [0.4, 0.5) is 10.6 Å². The Morgan fingerprint density at radius 3 is 2.25 bits per heavy atom. The minimum atomic E-state index is -0.943.